The summed E-state index contributed by atoms with van der Waals surface area (Å²) in [6.07, 6.45) is 10.9. The van der Waals surface area contributed by atoms with Gasteiger partial charge in [0.15, 0.2) is 23.3 Å². The van der Waals surface area contributed by atoms with Gasteiger partial charge in [0.25, 0.3) is 0 Å². The van der Waals surface area contributed by atoms with Crippen LogP contribution in [0.15, 0.2) is 12.1 Å². The number of rotatable bonds is 7. The Morgan fingerprint density at radius 2 is 1.43 bits per heavy atom. The lowest BCUT2D eigenvalue weighted by atomic mass is 9.80. The molecule has 1 aliphatic heterocycles. The lowest BCUT2D eigenvalue weighted by Crippen LogP contribution is -2.26. The molecule has 0 radical (unpaired) electrons. The smallest absolute Gasteiger partial charge is 0.167 e. The molecule has 37 heavy (non-hydrogen) atoms. The fourth-order valence-electron chi connectivity index (χ4n) is 7.07. The van der Waals surface area contributed by atoms with Crippen LogP contribution in [0.3, 0.4) is 0 Å². The van der Waals surface area contributed by atoms with Crippen LogP contribution in [0.1, 0.15) is 119 Å². The van der Waals surface area contributed by atoms with Crippen LogP contribution in [0.4, 0.5) is 17.6 Å². The van der Waals surface area contributed by atoms with Crippen molar-refractivity contribution in [3.8, 4) is 11.1 Å². The zero-order chi connectivity index (χ0) is 26.3. The number of benzene rings is 2. The summed E-state index contributed by atoms with van der Waals surface area (Å²) in [4.78, 5) is 0. The van der Waals surface area contributed by atoms with Gasteiger partial charge in [0.05, 0.1) is 12.7 Å². The van der Waals surface area contributed by atoms with Gasteiger partial charge in [0.1, 0.15) is 0 Å². The highest BCUT2D eigenvalue weighted by molar-refractivity contribution is 5.79. The Balaban J connectivity index is 1.31. The van der Waals surface area contributed by atoms with Gasteiger partial charge in [-0.05, 0) is 85.0 Å². The molecule has 2 aromatic carbocycles. The van der Waals surface area contributed by atoms with Crippen LogP contribution in [-0.4, -0.2) is 12.7 Å². The van der Waals surface area contributed by atoms with Crippen LogP contribution in [-0.2, 0) is 11.2 Å². The molecule has 0 bridgehead atoms. The average Bonchev–Trinajstić information content (AvgIpc) is 3.28. The molecule has 5 rings (SSSR count). The van der Waals surface area contributed by atoms with Gasteiger partial charge in [-0.25, -0.2) is 17.6 Å². The molecule has 2 aliphatic carbocycles. The van der Waals surface area contributed by atoms with E-state index < -0.39 is 23.3 Å². The molecule has 0 aromatic heterocycles. The third-order valence-electron chi connectivity index (χ3n) is 9.53. The molecule has 2 aromatic rings. The van der Waals surface area contributed by atoms with Crippen LogP contribution in [0.5, 0.6) is 0 Å². The van der Waals surface area contributed by atoms with Crippen LogP contribution in [0.25, 0.3) is 11.1 Å². The summed E-state index contributed by atoms with van der Waals surface area (Å²) >= 11 is 0. The lowest BCUT2D eigenvalue weighted by molar-refractivity contribution is -0.00586. The second-order valence-corrected chi connectivity index (χ2v) is 11.9. The second-order valence-electron chi connectivity index (χ2n) is 11.9. The Hall–Kier alpha value is -1.88. The summed E-state index contributed by atoms with van der Waals surface area (Å²) in [7, 11) is 0. The maximum absolute atomic E-state index is 15.4. The van der Waals surface area contributed by atoms with Crippen LogP contribution < -0.4 is 0 Å². The zero-order valence-electron chi connectivity index (χ0n) is 22.4. The molecule has 1 nitrogen and oxygen atoms in total. The van der Waals surface area contributed by atoms with Crippen molar-refractivity contribution in [3.05, 3.63) is 57.7 Å². The summed E-state index contributed by atoms with van der Waals surface area (Å²) in [6.45, 7) is 6.60. The standard InChI is InChI=1S/C32H40F4O/c1-4-20(5-2)25-15-22-14-23-16-26(30(34)32(36)28(23)27(22)31(35)29(25)33)21-11-13-24(37-17-21)12-10-19-8-6-18(3)7-9-19/h15-16,18-21,24H,4-14,17H2,1-3H3. The van der Waals surface area contributed by atoms with Crippen LogP contribution in [0.2, 0.25) is 0 Å². The molecule has 2 unspecified atom stereocenters. The van der Waals surface area contributed by atoms with Crippen molar-refractivity contribution in [3.63, 3.8) is 0 Å². The SMILES string of the molecule is CCC(CC)c1cc2c(c(F)c1F)-c1c(cc(C3CCC(CCC4CCC(C)CC4)OC3)c(F)c1F)C2. The average molecular weight is 517 g/mol. The van der Waals surface area contributed by atoms with Gasteiger partial charge in [-0.3, -0.25) is 0 Å². The summed E-state index contributed by atoms with van der Waals surface area (Å²) < 4.78 is 67.2. The van der Waals surface area contributed by atoms with Crippen molar-refractivity contribution in [2.24, 2.45) is 11.8 Å². The molecule has 2 fully saturated rings. The largest absolute Gasteiger partial charge is 0.378 e. The molecular formula is C32H40F4O. The van der Waals surface area contributed by atoms with Crippen molar-refractivity contribution in [1.29, 1.82) is 0 Å². The summed E-state index contributed by atoms with van der Waals surface area (Å²) in [6, 6.07) is 3.35. The Bertz CT molecular complexity index is 1120. The van der Waals surface area contributed by atoms with Crippen molar-refractivity contribution >= 4 is 0 Å². The lowest BCUT2D eigenvalue weighted by Gasteiger charge is -2.32. The number of halogens is 4. The predicted molar refractivity (Wildman–Crippen MR) is 140 cm³/mol. The summed E-state index contributed by atoms with van der Waals surface area (Å²) in [5.41, 5.74) is 1.51. The predicted octanol–water partition coefficient (Wildman–Crippen LogP) is 9.59. The Labute approximate surface area is 219 Å². The molecule has 2 atom stereocenters. The molecule has 0 N–H and O–H groups in total. The van der Waals surface area contributed by atoms with Crippen molar-refractivity contribution < 1.29 is 22.3 Å². The quantitative estimate of drug-likeness (QED) is 0.284. The molecule has 0 spiro atoms. The maximum Gasteiger partial charge on any atom is 0.167 e. The van der Waals surface area contributed by atoms with Crippen molar-refractivity contribution in [1.82, 2.24) is 0 Å². The highest BCUT2D eigenvalue weighted by Gasteiger charge is 2.35. The first kappa shape index (κ1) is 26.7. The topological polar surface area (TPSA) is 9.23 Å². The molecule has 1 saturated carbocycles. The first-order valence-corrected chi connectivity index (χ1v) is 14.5. The Morgan fingerprint density at radius 3 is 2.05 bits per heavy atom. The normalized spacial score (nSPS) is 25.4. The van der Waals surface area contributed by atoms with Gasteiger partial charge in [0.2, 0.25) is 0 Å². The molecule has 202 valence electrons. The fraction of sp³-hybridized carbons (Fsp3) is 0.625. The van der Waals surface area contributed by atoms with Gasteiger partial charge in [-0.1, -0.05) is 58.6 Å². The highest BCUT2D eigenvalue weighted by Crippen LogP contribution is 2.46. The number of fused-ring (bicyclic) bond motifs is 3. The maximum atomic E-state index is 15.4. The van der Waals surface area contributed by atoms with Gasteiger partial charge in [0, 0.05) is 17.0 Å². The number of ether oxygens (including phenoxy) is 1. The van der Waals surface area contributed by atoms with Gasteiger partial charge < -0.3 is 4.74 Å². The minimum absolute atomic E-state index is 0.102. The van der Waals surface area contributed by atoms with Crippen molar-refractivity contribution in [2.75, 3.05) is 6.61 Å². The third kappa shape index (κ3) is 5.10. The van der Waals surface area contributed by atoms with Crippen molar-refractivity contribution in [2.45, 2.75) is 109 Å². The first-order valence-electron chi connectivity index (χ1n) is 14.5. The third-order valence-corrected chi connectivity index (χ3v) is 9.53. The summed E-state index contributed by atoms with van der Waals surface area (Å²) in [5, 5.41) is 0. The molecule has 3 aliphatic rings. The van der Waals surface area contributed by atoms with Gasteiger partial charge in [-0.15, -0.1) is 0 Å². The molecule has 0 amide bonds. The van der Waals surface area contributed by atoms with E-state index in [0.29, 0.717) is 41.7 Å². The van der Waals surface area contributed by atoms with E-state index in [1.54, 1.807) is 12.1 Å². The minimum Gasteiger partial charge on any atom is -0.378 e. The first-order chi connectivity index (χ1) is 17.8. The molecule has 1 heterocycles. The van der Waals surface area contributed by atoms with E-state index in [0.717, 1.165) is 31.1 Å². The van der Waals surface area contributed by atoms with Crippen LogP contribution >= 0.6 is 0 Å². The highest BCUT2D eigenvalue weighted by atomic mass is 19.2. The molecular weight excluding hydrogens is 476 g/mol. The molecule has 5 heteroatoms. The minimum atomic E-state index is -1.06. The number of hydrogen-bond acceptors (Lipinski definition) is 1. The van der Waals surface area contributed by atoms with E-state index in [1.165, 1.54) is 32.1 Å². The van der Waals surface area contributed by atoms with E-state index in [9.17, 15) is 0 Å². The van der Waals surface area contributed by atoms with E-state index in [2.05, 4.69) is 6.92 Å². The van der Waals surface area contributed by atoms with E-state index in [1.807, 2.05) is 13.8 Å². The number of hydrogen-bond donors (Lipinski definition) is 0. The van der Waals surface area contributed by atoms with E-state index >= 15 is 17.6 Å². The second kappa shape index (κ2) is 11.1. The fourth-order valence-corrected chi connectivity index (χ4v) is 7.07. The van der Waals surface area contributed by atoms with Gasteiger partial charge >= 0.3 is 0 Å². The van der Waals surface area contributed by atoms with E-state index in [-0.39, 0.29) is 35.5 Å². The van der Waals surface area contributed by atoms with Crippen LogP contribution in [0, 0.1) is 35.1 Å². The monoisotopic (exact) mass is 516 g/mol. The van der Waals surface area contributed by atoms with Gasteiger partial charge in [-0.2, -0.15) is 0 Å². The Morgan fingerprint density at radius 1 is 0.784 bits per heavy atom. The van der Waals surface area contributed by atoms with E-state index in [4.69, 9.17) is 4.74 Å². The Kier molecular flexibility index (Phi) is 8.00. The summed E-state index contributed by atoms with van der Waals surface area (Å²) in [5.74, 6) is -2.68. The zero-order valence-corrected chi connectivity index (χ0v) is 22.4. The molecule has 1 saturated heterocycles.